The molecule has 0 bridgehead atoms. The fourth-order valence-electron chi connectivity index (χ4n) is 3.49. The van der Waals surface area contributed by atoms with Gasteiger partial charge in [-0.3, -0.25) is 9.59 Å². The second kappa shape index (κ2) is 9.11. The Morgan fingerprint density at radius 3 is 2.34 bits per heavy atom. The van der Waals surface area contributed by atoms with Crippen LogP contribution in [0.25, 0.3) is 5.76 Å². The minimum atomic E-state index is -3.67. The topological polar surface area (TPSA) is 124 Å². The van der Waals surface area contributed by atoms with E-state index in [2.05, 4.69) is 0 Å². The summed E-state index contributed by atoms with van der Waals surface area (Å²) in [5.41, 5.74) is 0.464. The standard InChI is InChI=1S/C22H24N2O7S/c1-23(2)32(29,30)17-9-7-14(8-10-17)20(26)18-19(15-5-4-6-16(25)13-15)24(11-12-31-3)22(28)21(18)27/h4-10,13,19,25-26H,11-12H2,1-3H3/b20-18-. The number of benzene rings is 2. The Balaban J connectivity index is 2.13. The molecule has 1 unspecified atom stereocenters. The lowest BCUT2D eigenvalue weighted by atomic mass is 9.95. The summed E-state index contributed by atoms with van der Waals surface area (Å²) in [7, 11) is 0.596. The summed E-state index contributed by atoms with van der Waals surface area (Å²) < 4.78 is 30.7. The van der Waals surface area contributed by atoms with Crippen LogP contribution in [0.1, 0.15) is 17.2 Å². The molecular weight excluding hydrogens is 436 g/mol. The molecule has 32 heavy (non-hydrogen) atoms. The van der Waals surface area contributed by atoms with Crippen molar-refractivity contribution < 1.29 is 33.0 Å². The lowest BCUT2D eigenvalue weighted by Gasteiger charge is -2.25. The summed E-state index contributed by atoms with van der Waals surface area (Å²) in [6.45, 7) is 0.262. The van der Waals surface area contributed by atoms with Crippen LogP contribution in [0, 0.1) is 0 Å². The second-order valence-corrected chi connectivity index (χ2v) is 9.54. The molecule has 170 valence electrons. The van der Waals surface area contributed by atoms with Crippen LogP contribution >= 0.6 is 0 Å². The Labute approximate surface area is 186 Å². The molecule has 2 aromatic rings. The highest BCUT2D eigenvalue weighted by Gasteiger charge is 2.46. The molecule has 0 radical (unpaired) electrons. The Hall–Kier alpha value is -3.21. The number of phenolic OH excluding ortho intramolecular Hbond substituents is 1. The number of carbonyl (C=O) groups is 2. The minimum Gasteiger partial charge on any atom is -0.508 e. The molecule has 9 nitrogen and oxygen atoms in total. The van der Waals surface area contributed by atoms with Crippen LogP contribution < -0.4 is 0 Å². The molecule has 0 spiro atoms. The quantitative estimate of drug-likeness (QED) is 0.366. The maximum Gasteiger partial charge on any atom is 0.295 e. The molecule has 0 saturated carbocycles. The highest BCUT2D eigenvalue weighted by Crippen LogP contribution is 2.40. The molecule has 2 N–H and O–H groups in total. The third kappa shape index (κ3) is 4.24. The van der Waals surface area contributed by atoms with Gasteiger partial charge in [-0.25, -0.2) is 12.7 Å². The van der Waals surface area contributed by atoms with Crippen LogP contribution in [-0.4, -0.2) is 73.9 Å². The van der Waals surface area contributed by atoms with Crippen molar-refractivity contribution in [3.05, 3.63) is 65.2 Å². The van der Waals surface area contributed by atoms with Crippen molar-refractivity contribution in [2.24, 2.45) is 0 Å². The lowest BCUT2D eigenvalue weighted by Crippen LogP contribution is -2.32. The summed E-state index contributed by atoms with van der Waals surface area (Å²) in [4.78, 5) is 26.9. The number of nitrogens with zero attached hydrogens (tertiary/aromatic N) is 2. The fraction of sp³-hybridized carbons (Fsp3) is 0.273. The number of hydrogen-bond donors (Lipinski definition) is 2. The van der Waals surface area contributed by atoms with Crippen molar-refractivity contribution in [3.63, 3.8) is 0 Å². The average molecular weight is 461 g/mol. The van der Waals surface area contributed by atoms with E-state index in [9.17, 15) is 28.2 Å². The van der Waals surface area contributed by atoms with Gasteiger partial charge >= 0.3 is 0 Å². The number of ether oxygens (including phenoxy) is 1. The van der Waals surface area contributed by atoms with E-state index in [0.717, 1.165) is 4.31 Å². The van der Waals surface area contributed by atoms with Gasteiger partial charge in [0.15, 0.2) is 0 Å². The van der Waals surface area contributed by atoms with E-state index in [-0.39, 0.29) is 34.9 Å². The van der Waals surface area contributed by atoms with E-state index in [1.54, 1.807) is 12.1 Å². The predicted molar refractivity (Wildman–Crippen MR) is 116 cm³/mol. The molecule has 1 fully saturated rings. The number of aromatic hydroxyl groups is 1. The normalized spacial score (nSPS) is 18.5. The Morgan fingerprint density at radius 2 is 1.78 bits per heavy atom. The van der Waals surface area contributed by atoms with Crippen molar-refractivity contribution >= 4 is 27.5 Å². The van der Waals surface area contributed by atoms with Crippen LogP contribution in [0.2, 0.25) is 0 Å². The van der Waals surface area contributed by atoms with Crippen LogP contribution in [0.5, 0.6) is 5.75 Å². The molecule has 1 heterocycles. The van der Waals surface area contributed by atoms with Crippen molar-refractivity contribution in [1.82, 2.24) is 9.21 Å². The zero-order valence-corrected chi connectivity index (χ0v) is 18.7. The van der Waals surface area contributed by atoms with Gasteiger partial charge in [-0.05, 0) is 42.0 Å². The molecule has 0 aliphatic carbocycles. The van der Waals surface area contributed by atoms with Crippen molar-refractivity contribution in [2.75, 3.05) is 34.4 Å². The first kappa shape index (κ1) is 23.5. The number of likely N-dealkylation sites (tertiary alicyclic amines) is 1. The molecule has 0 aromatic heterocycles. The summed E-state index contributed by atoms with van der Waals surface area (Å²) >= 11 is 0. The first-order valence-corrected chi connectivity index (χ1v) is 11.1. The number of Topliss-reactive ketones (excluding diaryl/α,β-unsaturated/α-hetero) is 1. The first-order chi connectivity index (χ1) is 15.1. The van der Waals surface area contributed by atoms with E-state index < -0.39 is 33.5 Å². The molecule has 1 aliphatic heterocycles. The van der Waals surface area contributed by atoms with Gasteiger partial charge in [-0.1, -0.05) is 12.1 Å². The largest absolute Gasteiger partial charge is 0.508 e. The SMILES string of the molecule is COCCN1C(=O)C(=O)/C(=C(\O)c2ccc(S(=O)(=O)N(C)C)cc2)C1c1cccc(O)c1. The van der Waals surface area contributed by atoms with Gasteiger partial charge in [0.05, 0.1) is 23.1 Å². The molecule has 10 heteroatoms. The van der Waals surface area contributed by atoms with E-state index in [0.29, 0.717) is 5.56 Å². The predicted octanol–water partition coefficient (Wildman–Crippen LogP) is 1.71. The number of phenols is 1. The number of methoxy groups -OCH3 is 1. The molecule has 1 atom stereocenters. The lowest BCUT2D eigenvalue weighted by molar-refractivity contribution is -0.140. The van der Waals surface area contributed by atoms with Crippen molar-refractivity contribution in [1.29, 1.82) is 0 Å². The number of amides is 1. The summed E-state index contributed by atoms with van der Waals surface area (Å²) in [6, 6.07) is 10.5. The average Bonchev–Trinajstić information content (AvgIpc) is 3.02. The highest BCUT2D eigenvalue weighted by molar-refractivity contribution is 7.89. The maximum atomic E-state index is 12.9. The number of sulfonamides is 1. The fourth-order valence-corrected chi connectivity index (χ4v) is 4.39. The number of ketones is 1. The van der Waals surface area contributed by atoms with Crippen LogP contribution in [0.4, 0.5) is 0 Å². The molecule has 3 rings (SSSR count). The highest BCUT2D eigenvalue weighted by atomic mass is 32.2. The number of hydrogen-bond acceptors (Lipinski definition) is 7. The summed E-state index contributed by atoms with van der Waals surface area (Å²) in [6.07, 6.45) is 0. The second-order valence-electron chi connectivity index (χ2n) is 7.39. The number of aliphatic hydroxyl groups is 1. The third-order valence-corrected chi connectivity index (χ3v) is 7.00. The van der Waals surface area contributed by atoms with Gasteiger partial charge in [0.2, 0.25) is 10.0 Å². The van der Waals surface area contributed by atoms with Gasteiger partial charge in [-0.15, -0.1) is 0 Å². The smallest absolute Gasteiger partial charge is 0.295 e. The first-order valence-electron chi connectivity index (χ1n) is 9.68. The van der Waals surface area contributed by atoms with E-state index in [1.807, 2.05) is 0 Å². The van der Waals surface area contributed by atoms with E-state index in [1.165, 1.54) is 62.5 Å². The number of carbonyl (C=O) groups excluding carboxylic acids is 2. The maximum absolute atomic E-state index is 12.9. The summed E-state index contributed by atoms with van der Waals surface area (Å²) in [5.74, 6) is -2.18. The summed E-state index contributed by atoms with van der Waals surface area (Å²) in [5, 5.41) is 20.9. The van der Waals surface area contributed by atoms with Crippen molar-refractivity contribution in [2.45, 2.75) is 10.9 Å². The van der Waals surface area contributed by atoms with Crippen molar-refractivity contribution in [3.8, 4) is 5.75 Å². The molecule has 1 aliphatic rings. The molecular formula is C22H24N2O7S. The zero-order chi connectivity index (χ0) is 23.6. The monoisotopic (exact) mass is 460 g/mol. The van der Waals surface area contributed by atoms with Gasteiger partial charge < -0.3 is 19.8 Å². The zero-order valence-electron chi connectivity index (χ0n) is 17.8. The van der Waals surface area contributed by atoms with E-state index >= 15 is 0 Å². The van der Waals surface area contributed by atoms with Gasteiger partial charge in [0.1, 0.15) is 11.5 Å². The molecule has 2 aromatic carbocycles. The Bertz CT molecular complexity index is 1170. The molecule has 1 amide bonds. The van der Waals surface area contributed by atoms with Crippen LogP contribution in [-0.2, 0) is 24.3 Å². The van der Waals surface area contributed by atoms with Crippen LogP contribution in [0.15, 0.2) is 59.0 Å². The van der Waals surface area contributed by atoms with Gasteiger partial charge in [-0.2, -0.15) is 0 Å². The number of rotatable bonds is 7. The molecule has 1 saturated heterocycles. The van der Waals surface area contributed by atoms with Gasteiger partial charge in [0.25, 0.3) is 11.7 Å². The minimum absolute atomic E-state index is 0.0177. The third-order valence-electron chi connectivity index (χ3n) is 5.17. The van der Waals surface area contributed by atoms with Gasteiger partial charge in [0, 0.05) is 33.3 Å². The Morgan fingerprint density at radius 1 is 1.12 bits per heavy atom. The number of aliphatic hydroxyl groups excluding tert-OH is 1. The van der Waals surface area contributed by atoms with E-state index in [4.69, 9.17) is 4.74 Å². The Kier molecular flexibility index (Phi) is 6.68. The van der Waals surface area contributed by atoms with Crippen LogP contribution in [0.3, 0.4) is 0 Å².